The number of aliphatic hydroxyl groups is 1. The molecule has 4 N–H and O–H groups in total. The maximum absolute atomic E-state index is 13.0. The summed E-state index contributed by atoms with van der Waals surface area (Å²) in [5.41, 5.74) is 5.73. The summed E-state index contributed by atoms with van der Waals surface area (Å²) in [6, 6.07) is 1.18. The van der Waals surface area contributed by atoms with Gasteiger partial charge in [0.15, 0.2) is 9.92 Å². The van der Waals surface area contributed by atoms with Crippen LogP contribution in [-0.4, -0.2) is 38.3 Å². The molecule has 2 heterocycles. The zero-order valence-corrected chi connectivity index (χ0v) is 16.7. The van der Waals surface area contributed by atoms with E-state index in [9.17, 15) is 14.1 Å². The molecule has 2 unspecified atom stereocenters. The molecule has 2 atom stereocenters. The summed E-state index contributed by atoms with van der Waals surface area (Å²) < 4.78 is 23.7. The van der Waals surface area contributed by atoms with E-state index in [2.05, 4.69) is 20.8 Å². The number of aryl methyl sites for hydroxylation is 2. The number of benzene rings is 1. The Bertz CT molecular complexity index is 1100. The van der Waals surface area contributed by atoms with E-state index in [1.165, 1.54) is 33.1 Å². The largest absolute Gasteiger partial charge is 0.475 e. The van der Waals surface area contributed by atoms with Crippen molar-refractivity contribution in [3.8, 4) is 5.88 Å². The van der Waals surface area contributed by atoms with Gasteiger partial charge in [-0.25, -0.2) is 18.8 Å². The minimum atomic E-state index is -3.55. The van der Waals surface area contributed by atoms with Crippen LogP contribution in [0, 0.1) is 0 Å². The van der Waals surface area contributed by atoms with Crippen LogP contribution >= 0.6 is 0 Å². The molecule has 0 fully saturated rings. The van der Waals surface area contributed by atoms with E-state index < -0.39 is 15.9 Å². The van der Waals surface area contributed by atoms with E-state index in [1.54, 1.807) is 0 Å². The number of aromatic nitrogens is 2. The molecule has 2 aliphatic carbocycles. The highest BCUT2D eigenvalue weighted by atomic mass is 32.2. The third-order valence-electron chi connectivity index (χ3n) is 5.93. The molecule has 29 heavy (non-hydrogen) atoms. The van der Waals surface area contributed by atoms with Gasteiger partial charge in [-0.3, -0.25) is 0 Å². The standard InChI is InChI=1S/C19H23N5O4S/c20-29(27,16-8-21-24-13(9-25)10-28-18(16)24)23-19(26)22-17-14-5-1-3-11(14)7-12-4-2-6-15(12)17/h7-8,13,25H,1-6,9-10H2,(H3,20,22,23,26,27). The quantitative estimate of drug-likeness (QED) is 0.700. The van der Waals surface area contributed by atoms with Crippen LogP contribution in [0.1, 0.15) is 41.1 Å². The highest BCUT2D eigenvalue weighted by Crippen LogP contribution is 2.39. The topological polar surface area (TPSA) is 132 Å². The molecule has 2 aromatic rings. The first-order chi connectivity index (χ1) is 14.0. The number of hydrogen-bond donors (Lipinski definition) is 3. The van der Waals surface area contributed by atoms with Gasteiger partial charge in [0.1, 0.15) is 17.5 Å². The SMILES string of the molecule is NS(=O)(=NC(=O)Nc1c2c(cc3c1CCC3)CCC2)c1cnn2c1OCC2CO. The van der Waals surface area contributed by atoms with Crippen molar-refractivity contribution < 1.29 is 18.8 Å². The zero-order chi connectivity index (χ0) is 20.2. The summed E-state index contributed by atoms with van der Waals surface area (Å²) in [6.45, 7) is 0.0401. The van der Waals surface area contributed by atoms with Gasteiger partial charge in [-0.2, -0.15) is 5.10 Å². The zero-order valence-electron chi connectivity index (χ0n) is 15.9. The lowest BCUT2D eigenvalue weighted by Gasteiger charge is -2.15. The van der Waals surface area contributed by atoms with Crippen molar-refractivity contribution in [3.63, 3.8) is 0 Å². The lowest BCUT2D eigenvalue weighted by Crippen LogP contribution is -2.19. The summed E-state index contributed by atoms with van der Waals surface area (Å²) in [4.78, 5) is 12.8. The number of nitrogens with zero attached hydrogens (tertiary/aromatic N) is 3. The fourth-order valence-corrected chi connectivity index (χ4v) is 5.57. The van der Waals surface area contributed by atoms with Crippen LogP contribution in [0.25, 0.3) is 0 Å². The highest BCUT2D eigenvalue weighted by Gasteiger charge is 2.31. The van der Waals surface area contributed by atoms with Crippen LogP contribution in [0.2, 0.25) is 0 Å². The molecule has 0 bridgehead atoms. The van der Waals surface area contributed by atoms with Gasteiger partial charge in [0.05, 0.1) is 12.8 Å². The average Bonchev–Trinajstić information content (AvgIpc) is 3.43. The number of carbonyl (C=O) groups is 1. The minimum Gasteiger partial charge on any atom is -0.475 e. The number of aliphatic hydroxyl groups excluding tert-OH is 1. The molecule has 0 saturated carbocycles. The number of carbonyl (C=O) groups excluding carboxylic acids is 1. The number of fused-ring (bicyclic) bond motifs is 3. The van der Waals surface area contributed by atoms with E-state index in [0.717, 1.165) is 44.2 Å². The molecule has 10 heteroatoms. The van der Waals surface area contributed by atoms with Gasteiger partial charge in [-0.05, 0) is 60.8 Å². The van der Waals surface area contributed by atoms with Gasteiger partial charge >= 0.3 is 6.03 Å². The summed E-state index contributed by atoms with van der Waals surface area (Å²) in [5.74, 6) is 0.189. The van der Waals surface area contributed by atoms with Crippen molar-refractivity contribution in [2.24, 2.45) is 9.50 Å². The molecule has 0 saturated heterocycles. The lowest BCUT2D eigenvalue weighted by atomic mass is 9.99. The number of rotatable bonds is 3. The Labute approximate surface area is 168 Å². The number of hydrogen-bond acceptors (Lipinski definition) is 5. The van der Waals surface area contributed by atoms with E-state index >= 15 is 0 Å². The van der Waals surface area contributed by atoms with Crippen molar-refractivity contribution in [2.75, 3.05) is 18.5 Å². The summed E-state index contributed by atoms with van der Waals surface area (Å²) >= 11 is 0. The molecule has 5 rings (SSSR count). The smallest absolute Gasteiger partial charge is 0.354 e. The maximum atomic E-state index is 13.0. The predicted molar refractivity (Wildman–Crippen MR) is 106 cm³/mol. The Hall–Kier alpha value is -2.43. The minimum absolute atomic E-state index is 0.0621. The number of ether oxygens (including phenoxy) is 1. The van der Waals surface area contributed by atoms with Crippen LogP contribution in [-0.2, 0) is 35.6 Å². The summed E-state index contributed by atoms with van der Waals surface area (Å²) in [7, 11) is -3.55. The van der Waals surface area contributed by atoms with Crippen molar-refractivity contribution in [1.82, 2.24) is 9.78 Å². The van der Waals surface area contributed by atoms with Gasteiger partial charge in [0, 0.05) is 5.69 Å². The first-order valence-corrected chi connectivity index (χ1v) is 11.4. The number of nitrogens with two attached hydrogens (primary N) is 1. The first-order valence-electron chi connectivity index (χ1n) is 9.81. The molecule has 1 aromatic carbocycles. The second kappa shape index (κ2) is 6.82. The summed E-state index contributed by atoms with van der Waals surface area (Å²) in [6.07, 6.45) is 7.29. The van der Waals surface area contributed by atoms with E-state index in [-0.39, 0.29) is 30.0 Å². The summed E-state index contributed by atoms with van der Waals surface area (Å²) in [5, 5.41) is 22.2. The lowest BCUT2D eigenvalue weighted by molar-refractivity contribution is 0.206. The second-order valence-electron chi connectivity index (χ2n) is 7.73. The van der Waals surface area contributed by atoms with E-state index in [0.29, 0.717) is 0 Å². The Kier molecular flexibility index (Phi) is 4.37. The van der Waals surface area contributed by atoms with Crippen LogP contribution in [0.4, 0.5) is 10.5 Å². The maximum Gasteiger partial charge on any atom is 0.354 e. The van der Waals surface area contributed by atoms with Crippen LogP contribution < -0.4 is 15.2 Å². The molecule has 0 spiro atoms. The number of nitrogens with one attached hydrogen (secondary N) is 1. The Morgan fingerprint density at radius 2 is 2.00 bits per heavy atom. The van der Waals surface area contributed by atoms with Crippen molar-refractivity contribution in [1.29, 1.82) is 0 Å². The Morgan fingerprint density at radius 3 is 2.66 bits per heavy atom. The molecule has 9 nitrogen and oxygen atoms in total. The first kappa shape index (κ1) is 18.6. The van der Waals surface area contributed by atoms with Crippen molar-refractivity contribution >= 4 is 21.6 Å². The molecular formula is C19H23N5O4S. The van der Waals surface area contributed by atoms with E-state index in [1.807, 2.05) is 0 Å². The molecule has 0 radical (unpaired) electrons. The Morgan fingerprint density at radius 1 is 1.31 bits per heavy atom. The fourth-order valence-electron chi connectivity index (χ4n) is 4.58. The van der Waals surface area contributed by atoms with Gasteiger partial charge in [-0.15, -0.1) is 4.36 Å². The van der Waals surface area contributed by atoms with Crippen molar-refractivity contribution in [3.05, 3.63) is 34.5 Å². The van der Waals surface area contributed by atoms with Gasteiger partial charge < -0.3 is 15.2 Å². The molecule has 1 aromatic heterocycles. The third kappa shape index (κ3) is 3.02. The van der Waals surface area contributed by atoms with Crippen molar-refractivity contribution in [2.45, 2.75) is 49.5 Å². The number of anilines is 1. The molecule has 3 aliphatic rings. The van der Waals surface area contributed by atoms with Gasteiger partial charge in [-0.1, -0.05) is 6.07 Å². The number of amides is 2. The molecule has 2 amide bonds. The van der Waals surface area contributed by atoms with Crippen LogP contribution in [0.15, 0.2) is 21.5 Å². The molecular weight excluding hydrogens is 394 g/mol. The fraction of sp³-hybridized carbons (Fsp3) is 0.474. The number of urea groups is 1. The van der Waals surface area contributed by atoms with Gasteiger partial charge in [0.2, 0.25) is 5.88 Å². The van der Waals surface area contributed by atoms with Crippen LogP contribution in [0.5, 0.6) is 5.88 Å². The van der Waals surface area contributed by atoms with E-state index in [4.69, 9.17) is 9.88 Å². The Balaban J connectivity index is 1.47. The predicted octanol–water partition coefficient (Wildman–Crippen LogP) is 1.72. The average molecular weight is 417 g/mol. The molecule has 1 aliphatic heterocycles. The normalized spacial score (nSPS) is 21.1. The second-order valence-corrected chi connectivity index (χ2v) is 9.49. The van der Waals surface area contributed by atoms with Gasteiger partial charge in [0.25, 0.3) is 0 Å². The monoisotopic (exact) mass is 417 g/mol. The van der Waals surface area contributed by atoms with Crippen LogP contribution in [0.3, 0.4) is 0 Å². The molecule has 154 valence electrons. The highest BCUT2D eigenvalue weighted by molar-refractivity contribution is 7.91. The third-order valence-corrected chi connectivity index (χ3v) is 7.27.